The lowest BCUT2D eigenvalue weighted by Gasteiger charge is -2.37. The summed E-state index contributed by atoms with van der Waals surface area (Å²) in [7, 11) is 0. The molecule has 90 valence electrons. The molecule has 1 amide bonds. The normalized spacial score (nSPS) is 36.7. The molecule has 0 aromatic heterocycles. The molecule has 3 fully saturated rings. The van der Waals surface area contributed by atoms with E-state index in [0.717, 1.165) is 12.8 Å². The van der Waals surface area contributed by atoms with E-state index in [-0.39, 0.29) is 6.61 Å². The lowest BCUT2D eigenvalue weighted by Crippen LogP contribution is -2.46. The Bertz CT molecular complexity index is 278. The SMILES string of the molecule is O=C(C1C2CCCC21)N(CCO)C1CCC1. The van der Waals surface area contributed by atoms with Gasteiger partial charge in [0.15, 0.2) is 0 Å². The number of amides is 1. The highest BCUT2D eigenvalue weighted by Gasteiger charge is 2.57. The maximum absolute atomic E-state index is 12.4. The van der Waals surface area contributed by atoms with Crippen LogP contribution in [0.15, 0.2) is 0 Å². The highest BCUT2D eigenvalue weighted by molar-refractivity contribution is 5.83. The maximum Gasteiger partial charge on any atom is 0.226 e. The number of aliphatic hydroxyl groups is 1. The number of fused-ring (bicyclic) bond motifs is 1. The third-order valence-corrected chi connectivity index (χ3v) is 4.83. The Kier molecular flexibility index (Phi) is 2.66. The number of hydrogen-bond donors (Lipinski definition) is 1. The number of hydrogen-bond acceptors (Lipinski definition) is 2. The fourth-order valence-corrected chi connectivity index (χ4v) is 3.66. The zero-order chi connectivity index (χ0) is 11.1. The average Bonchev–Trinajstić information content (AvgIpc) is 2.67. The molecule has 0 saturated heterocycles. The molecule has 16 heavy (non-hydrogen) atoms. The molecule has 0 bridgehead atoms. The molecule has 0 aliphatic heterocycles. The third-order valence-electron chi connectivity index (χ3n) is 4.83. The van der Waals surface area contributed by atoms with Gasteiger partial charge in [-0.3, -0.25) is 4.79 Å². The number of nitrogens with zero attached hydrogens (tertiary/aromatic N) is 1. The fourth-order valence-electron chi connectivity index (χ4n) is 3.66. The molecule has 0 spiro atoms. The zero-order valence-corrected chi connectivity index (χ0v) is 9.77. The quantitative estimate of drug-likeness (QED) is 0.782. The van der Waals surface area contributed by atoms with Crippen molar-refractivity contribution in [3.8, 4) is 0 Å². The van der Waals surface area contributed by atoms with E-state index in [9.17, 15) is 4.79 Å². The number of rotatable bonds is 4. The van der Waals surface area contributed by atoms with E-state index >= 15 is 0 Å². The molecule has 3 aliphatic carbocycles. The van der Waals surface area contributed by atoms with Crippen LogP contribution in [0, 0.1) is 17.8 Å². The van der Waals surface area contributed by atoms with Gasteiger partial charge in [0.05, 0.1) is 6.61 Å². The predicted molar refractivity (Wildman–Crippen MR) is 60.8 cm³/mol. The maximum atomic E-state index is 12.4. The lowest BCUT2D eigenvalue weighted by atomic mass is 9.91. The molecule has 3 saturated carbocycles. The van der Waals surface area contributed by atoms with Gasteiger partial charge in [-0.05, 0) is 43.9 Å². The molecule has 2 atom stereocenters. The summed E-state index contributed by atoms with van der Waals surface area (Å²) < 4.78 is 0. The Morgan fingerprint density at radius 2 is 1.75 bits per heavy atom. The largest absolute Gasteiger partial charge is 0.395 e. The molecule has 3 rings (SSSR count). The molecule has 3 heteroatoms. The first-order valence-electron chi connectivity index (χ1n) is 6.74. The Hall–Kier alpha value is -0.570. The van der Waals surface area contributed by atoms with Crippen molar-refractivity contribution in [3.05, 3.63) is 0 Å². The van der Waals surface area contributed by atoms with Crippen molar-refractivity contribution in [2.75, 3.05) is 13.2 Å². The molecule has 0 aromatic rings. The first-order chi connectivity index (χ1) is 7.83. The lowest BCUT2D eigenvalue weighted by molar-refractivity contribution is -0.138. The summed E-state index contributed by atoms with van der Waals surface area (Å²) in [6.45, 7) is 0.670. The van der Waals surface area contributed by atoms with E-state index in [1.807, 2.05) is 4.90 Å². The van der Waals surface area contributed by atoms with Gasteiger partial charge in [-0.15, -0.1) is 0 Å². The van der Waals surface area contributed by atoms with Gasteiger partial charge in [0.2, 0.25) is 5.91 Å². The summed E-state index contributed by atoms with van der Waals surface area (Å²) >= 11 is 0. The van der Waals surface area contributed by atoms with Crippen LogP contribution in [0.1, 0.15) is 38.5 Å². The molecule has 0 radical (unpaired) electrons. The van der Waals surface area contributed by atoms with Crippen molar-refractivity contribution in [1.82, 2.24) is 4.90 Å². The highest BCUT2D eigenvalue weighted by Crippen LogP contribution is 2.58. The van der Waals surface area contributed by atoms with Crippen LogP contribution in [-0.4, -0.2) is 35.1 Å². The second-order valence-electron chi connectivity index (χ2n) is 5.62. The first-order valence-corrected chi connectivity index (χ1v) is 6.74. The van der Waals surface area contributed by atoms with Gasteiger partial charge in [-0.1, -0.05) is 6.42 Å². The van der Waals surface area contributed by atoms with Crippen molar-refractivity contribution in [3.63, 3.8) is 0 Å². The molecule has 2 unspecified atom stereocenters. The minimum absolute atomic E-state index is 0.115. The zero-order valence-electron chi connectivity index (χ0n) is 9.77. The average molecular weight is 223 g/mol. The monoisotopic (exact) mass is 223 g/mol. The number of carbonyl (C=O) groups is 1. The minimum atomic E-state index is 0.115. The smallest absolute Gasteiger partial charge is 0.226 e. The van der Waals surface area contributed by atoms with Crippen LogP contribution in [0.3, 0.4) is 0 Å². The van der Waals surface area contributed by atoms with Crippen molar-refractivity contribution in [2.24, 2.45) is 17.8 Å². The first kappa shape index (κ1) is 10.6. The molecule has 3 aliphatic rings. The second-order valence-corrected chi connectivity index (χ2v) is 5.62. The fraction of sp³-hybridized carbons (Fsp3) is 0.923. The van der Waals surface area contributed by atoms with Crippen LogP contribution in [0.2, 0.25) is 0 Å². The van der Waals surface area contributed by atoms with E-state index < -0.39 is 0 Å². The second kappa shape index (κ2) is 4.02. The van der Waals surface area contributed by atoms with Crippen LogP contribution >= 0.6 is 0 Å². The summed E-state index contributed by atoms with van der Waals surface area (Å²) in [6, 6.07) is 0.445. The summed E-state index contributed by atoms with van der Waals surface area (Å²) in [5, 5.41) is 9.07. The van der Waals surface area contributed by atoms with E-state index in [0.29, 0.717) is 36.2 Å². The molecule has 3 nitrogen and oxygen atoms in total. The van der Waals surface area contributed by atoms with Crippen LogP contribution in [0.5, 0.6) is 0 Å². The Morgan fingerprint density at radius 3 is 2.25 bits per heavy atom. The number of aliphatic hydroxyl groups excluding tert-OH is 1. The van der Waals surface area contributed by atoms with E-state index in [4.69, 9.17) is 5.11 Å². The molecule has 0 aromatic carbocycles. The van der Waals surface area contributed by atoms with Gasteiger partial charge in [-0.2, -0.15) is 0 Å². The van der Waals surface area contributed by atoms with Gasteiger partial charge in [0, 0.05) is 18.5 Å². The van der Waals surface area contributed by atoms with Gasteiger partial charge in [-0.25, -0.2) is 0 Å². The summed E-state index contributed by atoms with van der Waals surface area (Å²) in [6.07, 6.45) is 7.39. The van der Waals surface area contributed by atoms with Crippen molar-refractivity contribution < 1.29 is 9.90 Å². The van der Waals surface area contributed by atoms with Crippen molar-refractivity contribution in [2.45, 2.75) is 44.6 Å². The van der Waals surface area contributed by atoms with Gasteiger partial charge >= 0.3 is 0 Å². The van der Waals surface area contributed by atoms with Crippen LogP contribution in [-0.2, 0) is 4.79 Å². The van der Waals surface area contributed by atoms with Crippen molar-refractivity contribution in [1.29, 1.82) is 0 Å². The summed E-state index contributed by atoms with van der Waals surface area (Å²) in [5.41, 5.74) is 0. The molecule has 0 heterocycles. The van der Waals surface area contributed by atoms with E-state index in [2.05, 4.69) is 0 Å². The summed E-state index contributed by atoms with van der Waals surface area (Å²) in [5.74, 6) is 2.09. The minimum Gasteiger partial charge on any atom is -0.395 e. The van der Waals surface area contributed by atoms with E-state index in [1.165, 1.54) is 25.7 Å². The Balaban J connectivity index is 1.62. The van der Waals surface area contributed by atoms with Crippen LogP contribution in [0.25, 0.3) is 0 Å². The van der Waals surface area contributed by atoms with E-state index in [1.54, 1.807) is 0 Å². The third kappa shape index (κ3) is 1.56. The van der Waals surface area contributed by atoms with Crippen LogP contribution < -0.4 is 0 Å². The molecule has 1 N–H and O–H groups in total. The van der Waals surface area contributed by atoms with Gasteiger partial charge in [0.25, 0.3) is 0 Å². The summed E-state index contributed by atoms with van der Waals surface area (Å²) in [4.78, 5) is 14.3. The Labute approximate surface area is 96.8 Å². The molecular weight excluding hydrogens is 202 g/mol. The standard InChI is InChI=1S/C13H21NO2/c15-8-7-14(9-3-1-4-9)13(16)12-10-5-2-6-11(10)12/h9-12,15H,1-8H2. The molecular formula is C13H21NO2. The van der Waals surface area contributed by atoms with Crippen molar-refractivity contribution >= 4 is 5.91 Å². The Morgan fingerprint density at radius 1 is 1.12 bits per heavy atom. The number of carbonyl (C=O) groups excluding carboxylic acids is 1. The topological polar surface area (TPSA) is 40.5 Å². The van der Waals surface area contributed by atoms with Gasteiger partial charge in [0.1, 0.15) is 0 Å². The van der Waals surface area contributed by atoms with Crippen LogP contribution in [0.4, 0.5) is 0 Å². The highest BCUT2D eigenvalue weighted by atomic mass is 16.3. The van der Waals surface area contributed by atoms with Gasteiger partial charge < -0.3 is 10.0 Å². The predicted octanol–water partition coefficient (Wildman–Crippen LogP) is 1.41.